The molecular formula is C13H16O4. The number of esters is 1. The van der Waals surface area contributed by atoms with Crippen molar-refractivity contribution in [1.82, 2.24) is 0 Å². The topological polar surface area (TPSA) is 44.8 Å². The van der Waals surface area contributed by atoms with Crippen molar-refractivity contribution in [2.45, 2.75) is 6.92 Å². The van der Waals surface area contributed by atoms with Crippen LogP contribution >= 0.6 is 0 Å². The van der Waals surface area contributed by atoms with Crippen LogP contribution in [0.4, 0.5) is 0 Å². The Bertz CT molecular complexity index is 424. The van der Waals surface area contributed by atoms with Crippen LogP contribution in [0.3, 0.4) is 0 Å². The molecule has 0 saturated heterocycles. The first kappa shape index (κ1) is 13.1. The molecule has 0 amide bonds. The minimum atomic E-state index is -0.424. The number of methoxy groups -OCH3 is 2. The number of hydrogen-bond acceptors (Lipinski definition) is 4. The number of hydrogen-bond donors (Lipinski definition) is 0. The van der Waals surface area contributed by atoms with Gasteiger partial charge in [0.15, 0.2) is 0 Å². The summed E-state index contributed by atoms with van der Waals surface area (Å²) >= 11 is 0. The molecule has 92 valence electrons. The molecule has 17 heavy (non-hydrogen) atoms. The Morgan fingerprint density at radius 2 is 2.00 bits per heavy atom. The van der Waals surface area contributed by atoms with Gasteiger partial charge in [-0.2, -0.15) is 0 Å². The van der Waals surface area contributed by atoms with Crippen LogP contribution in [-0.2, 0) is 4.74 Å². The molecule has 0 fully saturated rings. The predicted molar refractivity (Wildman–Crippen MR) is 64.8 cm³/mol. The molecule has 0 aromatic heterocycles. The van der Waals surface area contributed by atoms with Crippen molar-refractivity contribution in [3.8, 4) is 11.5 Å². The van der Waals surface area contributed by atoms with Gasteiger partial charge in [-0.15, -0.1) is 0 Å². The van der Waals surface area contributed by atoms with Crippen molar-refractivity contribution >= 4 is 5.97 Å². The van der Waals surface area contributed by atoms with Gasteiger partial charge in [-0.05, 0) is 19.1 Å². The molecule has 1 aromatic rings. The molecule has 4 heteroatoms. The third-order valence-electron chi connectivity index (χ3n) is 2.31. The van der Waals surface area contributed by atoms with Crippen LogP contribution in [0, 0.1) is 6.92 Å². The van der Waals surface area contributed by atoms with Gasteiger partial charge >= 0.3 is 5.97 Å². The van der Waals surface area contributed by atoms with E-state index in [0.29, 0.717) is 23.7 Å². The number of carbonyl (C=O) groups excluding carboxylic acids is 1. The third-order valence-corrected chi connectivity index (χ3v) is 2.31. The molecule has 0 radical (unpaired) electrons. The molecule has 0 atom stereocenters. The fourth-order valence-electron chi connectivity index (χ4n) is 1.41. The summed E-state index contributed by atoms with van der Waals surface area (Å²) in [5, 5.41) is 0. The molecule has 1 rings (SSSR count). The van der Waals surface area contributed by atoms with Gasteiger partial charge in [0.25, 0.3) is 0 Å². The summed E-state index contributed by atoms with van der Waals surface area (Å²) in [6, 6.07) is 3.26. The SMILES string of the molecule is C=CCOc1cc(C(=O)OC)cc(OC)c1C. The maximum Gasteiger partial charge on any atom is 0.338 e. The first-order valence-corrected chi connectivity index (χ1v) is 5.14. The number of rotatable bonds is 5. The van der Waals surface area contributed by atoms with Crippen LogP contribution in [0.25, 0.3) is 0 Å². The molecule has 0 saturated carbocycles. The van der Waals surface area contributed by atoms with Crippen molar-refractivity contribution in [2.24, 2.45) is 0 Å². The Hall–Kier alpha value is -1.97. The lowest BCUT2D eigenvalue weighted by atomic mass is 10.1. The minimum Gasteiger partial charge on any atom is -0.496 e. The van der Waals surface area contributed by atoms with Crippen LogP contribution in [0.15, 0.2) is 24.8 Å². The average Bonchev–Trinajstić information content (AvgIpc) is 2.36. The molecule has 0 N–H and O–H groups in total. The van der Waals surface area contributed by atoms with Crippen LogP contribution in [0.2, 0.25) is 0 Å². The average molecular weight is 236 g/mol. The highest BCUT2D eigenvalue weighted by molar-refractivity contribution is 5.90. The lowest BCUT2D eigenvalue weighted by Crippen LogP contribution is -2.05. The smallest absolute Gasteiger partial charge is 0.338 e. The lowest BCUT2D eigenvalue weighted by Gasteiger charge is -2.12. The quantitative estimate of drug-likeness (QED) is 0.581. The van der Waals surface area contributed by atoms with Gasteiger partial charge in [-0.1, -0.05) is 12.7 Å². The van der Waals surface area contributed by atoms with Crippen molar-refractivity contribution < 1.29 is 19.0 Å². The highest BCUT2D eigenvalue weighted by Gasteiger charge is 2.13. The minimum absolute atomic E-state index is 0.370. The van der Waals surface area contributed by atoms with E-state index >= 15 is 0 Å². The van der Waals surface area contributed by atoms with Crippen LogP contribution < -0.4 is 9.47 Å². The van der Waals surface area contributed by atoms with E-state index in [2.05, 4.69) is 11.3 Å². The summed E-state index contributed by atoms with van der Waals surface area (Å²) in [5.74, 6) is 0.753. The summed E-state index contributed by atoms with van der Waals surface area (Å²) in [4.78, 5) is 11.5. The zero-order chi connectivity index (χ0) is 12.8. The first-order chi connectivity index (χ1) is 8.13. The summed E-state index contributed by atoms with van der Waals surface area (Å²) in [6.07, 6.45) is 1.64. The van der Waals surface area contributed by atoms with Crippen molar-refractivity contribution in [1.29, 1.82) is 0 Å². The van der Waals surface area contributed by atoms with Gasteiger partial charge in [0.2, 0.25) is 0 Å². The van der Waals surface area contributed by atoms with Gasteiger partial charge in [0.1, 0.15) is 18.1 Å². The Morgan fingerprint density at radius 3 is 2.53 bits per heavy atom. The lowest BCUT2D eigenvalue weighted by molar-refractivity contribution is 0.0600. The van der Waals surface area contributed by atoms with Crippen molar-refractivity contribution in [2.75, 3.05) is 20.8 Å². The third kappa shape index (κ3) is 3.00. The molecule has 1 aromatic carbocycles. The predicted octanol–water partition coefficient (Wildman–Crippen LogP) is 2.36. The summed E-state index contributed by atoms with van der Waals surface area (Å²) in [6.45, 7) is 5.80. The van der Waals surface area contributed by atoms with E-state index in [1.165, 1.54) is 7.11 Å². The molecule has 0 aliphatic heterocycles. The molecule has 4 nitrogen and oxygen atoms in total. The molecule has 0 unspecified atom stereocenters. The van der Waals surface area contributed by atoms with Gasteiger partial charge in [-0.3, -0.25) is 0 Å². The number of benzene rings is 1. The standard InChI is InChI=1S/C13H16O4/c1-5-6-17-12-8-10(13(14)16-4)7-11(15-3)9(12)2/h5,7-8H,1,6H2,2-4H3. The Kier molecular flexibility index (Phi) is 4.57. The normalized spacial score (nSPS) is 9.59. The van der Waals surface area contributed by atoms with E-state index in [0.717, 1.165) is 5.56 Å². The highest BCUT2D eigenvalue weighted by atomic mass is 16.5. The molecule has 0 aliphatic rings. The van der Waals surface area contributed by atoms with E-state index in [1.54, 1.807) is 25.3 Å². The van der Waals surface area contributed by atoms with Gasteiger partial charge in [0, 0.05) is 5.56 Å². The van der Waals surface area contributed by atoms with Gasteiger partial charge in [-0.25, -0.2) is 4.79 Å². The fourth-order valence-corrected chi connectivity index (χ4v) is 1.41. The largest absolute Gasteiger partial charge is 0.496 e. The van der Waals surface area contributed by atoms with Gasteiger partial charge in [0.05, 0.1) is 19.8 Å². The highest BCUT2D eigenvalue weighted by Crippen LogP contribution is 2.30. The molecule has 0 bridgehead atoms. The van der Waals surface area contributed by atoms with E-state index in [4.69, 9.17) is 9.47 Å². The Labute approximate surface area is 101 Å². The second-order valence-corrected chi connectivity index (χ2v) is 3.39. The van der Waals surface area contributed by atoms with E-state index in [1.807, 2.05) is 6.92 Å². The van der Waals surface area contributed by atoms with E-state index < -0.39 is 5.97 Å². The summed E-state index contributed by atoms with van der Waals surface area (Å²) in [5.41, 5.74) is 1.23. The molecule has 0 heterocycles. The summed E-state index contributed by atoms with van der Waals surface area (Å²) in [7, 11) is 2.87. The molecular weight excluding hydrogens is 220 g/mol. The van der Waals surface area contributed by atoms with Crippen LogP contribution in [-0.4, -0.2) is 26.8 Å². The zero-order valence-electron chi connectivity index (χ0n) is 10.3. The second kappa shape index (κ2) is 5.94. The van der Waals surface area contributed by atoms with E-state index in [9.17, 15) is 4.79 Å². The maximum absolute atomic E-state index is 11.5. The van der Waals surface area contributed by atoms with Crippen LogP contribution in [0.5, 0.6) is 11.5 Å². The monoisotopic (exact) mass is 236 g/mol. The molecule has 0 aliphatic carbocycles. The maximum atomic E-state index is 11.5. The van der Waals surface area contributed by atoms with Crippen LogP contribution in [0.1, 0.15) is 15.9 Å². The number of ether oxygens (including phenoxy) is 3. The van der Waals surface area contributed by atoms with E-state index in [-0.39, 0.29) is 0 Å². The zero-order valence-corrected chi connectivity index (χ0v) is 10.3. The van der Waals surface area contributed by atoms with Crippen molar-refractivity contribution in [3.05, 3.63) is 35.9 Å². The fraction of sp³-hybridized carbons (Fsp3) is 0.308. The Balaban J connectivity index is 3.17. The second-order valence-electron chi connectivity index (χ2n) is 3.39. The summed E-state index contributed by atoms with van der Waals surface area (Å²) < 4.78 is 15.3. The van der Waals surface area contributed by atoms with Crippen molar-refractivity contribution in [3.63, 3.8) is 0 Å². The molecule has 0 spiro atoms. The Morgan fingerprint density at radius 1 is 1.35 bits per heavy atom. The van der Waals surface area contributed by atoms with Gasteiger partial charge < -0.3 is 14.2 Å². The number of carbonyl (C=O) groups is 1. The first-order valence-electron chi connectivity index (χ1n) is 5.14.